The summed E-state index contributed by atoms with van der Waals surface area (Å²) in [6, 6.07) is 14.9. The lowest BCUT2D eigenvalue weighted by atomic mass is 10.0. The number of halogens is 2. The Labute approximate surface area is 192 Å². The van der Waals surface area contributed by atoms with Crippen LogP contribution in [0.15, 0.2) is 59.5 Å². The second kappa shape index (κ2) is 11.3. The monoisotopic (exact) mass is 479 g/mol. The van der Waals surface area contributed by atoms with Gasteiger partial charge in [-0.15, -0.1) is 0 Å². The van der Waals surface area contributed by atoms with E-state index in [-0.39, 0.29) is 24.2 Å². The van der Waals surface area contributed by atoms with E-state index in [0.717, 1.165) is 11.6 Å². The number of hydrogen-bond acceptors (Lipinski definition) is 5. The standard InChI is InChI=1S/C23H27F2N3O4S/c24-23(25)33(31,32)20-9-5-4-8-19(20)27-22(30)16-28-14-12-18(13-15-28)26-21(29)11-10-17-6-2-1-3-7-17/h1-9,18,23H,10-16H2,(H,26,29)(H,27,30). The molecular formula is C23H27F2N3O4S. The van der Waals surface area contributed by atoms with E-state index >= 15 is 0 Å². The Morgan fingerprint density at radius 1 is 0.970 bits per heavy atom. The first-order valence-electron chi connectivity index (χ1n) is 10.7. The first kappa shape index (κ1) is 24.8. The maximum absolute atomic E-state index is 12.9. The maximum atomic E-state index is 12.9. The largest absolute Gasteiger partial charge is 0.353 e. The number of alkyl halides is 2. The van der Waals surface area contributed by atoms with Crippen molar-refractivity contribution in [2.45, 2.75) is 42.4 Å². The molecule has 2 N–H and O–H groups in total. The summed E-state index contributed by atoms with van der Waals surface area (Å²) in [5, 5.41) is 5.47. The predicted octanol–water partition coefficient (Wildman–Crippen LogP) is 2.83. The van der Waals surface area contributed by atoms with Gasteiger partial charge in [-0.3, -0.25) is 14.5 Å². The van der Waals surface area contributed by atoms with Crippen molar-refractivity contribution in [3.63, 3.8) is 0 Å². The quantitative estimate of drug-likeness (QED) is 0.577. The molecule has 1 fully saturated rings. The number of aryl methyl sites for hydroxylation is 1. The van der Waals surface area contributed by atoms with Gasteiger partial charge in [-0.25, -0.2) is 8.42 Å². The van der Waals surface area contributed by atoms with E-state index in [1.165, 1.54) is 18.2 Å². The van der Waals surface area contributed by atoms with Crippen molar-refractivity contribution in [1.29, 1.82) is 0 Å². The molecule has 3 rings (SSSR count). The second-order valence-corrected chi connectivity index (χ2v) is 9.84. The van der Waals surface area contributed by atoms with Gasteiger partial charge in [-0.2, -0.15) is 8.78 Å². The lowest BCUT2D eigenvalue weighted by molar-refractivity contribution is -0.122. The van der Waals surface area contributed by atoms with Crippen LogP contribution >= 0.6 is 0 Å². The fourth-order valence-corrected chi connectivity index (χ4v) is 4.63. The molecular weight excluding hydrogens is 452 g/mol. The van der Waals surface area contributed by atoms with Gasteiger partial charge in [0.1, 0.15) is 0 Å². The number of amides is 2. The number of carbonyl (C=O) groups is 2. The molecule has 7 nitrogen and oxygen atoms in total. The summed E-state index contributed by atoms with van der Waals surface area (Å²) in [6.07, 6.45) is 2.45. The highest BCUT2D eigenvalue weighted by molar-refractivity contribution is 7.91. The SMILES string of the molecule is O=C(CN1CCC(NC(=O)CCc2ccccc2)CC1)Nc1ccccc1S(=O)(=O)C(F)F. The van der Waals surface area contributed by atoms with Gasteiger partial charge in [-0.1, -0.05) is 42.5 Å². The molecule has 0 aromatic heterocycles. The van der Waals surface area contributed by atoms with Crippen LogP contribution in [0.2, 0.25) is 0 Å². The average molecular weight is 480 g/mol. The number of rotatable bonds is 9. The summed E-state index contributed by atoms with van der Waals surface area (Å²) in [5.41, 5.74) is 0.944. The van der Waals surface area contributed by atoms with Gasteiger partial charge in [0.15, 0.2) is 0 Å². The molecule has 2 amide bonds. The Balaban J connectivity index is 1.44. The Hall–Kier alpha value is -2.85. The third-order valence-electron chi connectivity index (χ3n) is 5.51. The molecule has 0 radical (unpaired) electrons. The molecule has 33 heavy (non-hydrogen) atoms. The molecule has 178 valence electrons. The van der Waals surface area contributed by atoms with Crippen molar-refractivity contribution in [2.75, 3.05) is 25.0 Å². The van der Waals surface area contributed by atoms with Gasteiger partial charge in [0.05, 0.1) is 17.1 Å². The minimum absolute atomic E-state index is 0.00225. The highest BCUT2D eigenvalue weighted by Crippen LogP contribution is 2.26. The summed E-state index contributed by atoms with van der Waals surface area (Å²) in [5.74, 6) is -4.07. The van der Waals surface area contributed by atoms with Crippen molar-refractivity contribution >= 4 is 27.3 Å². The Bertz CT molecular complexity index is 1060. The van der Waals surface area contributed by atoms with E-state index in [2.05, 4.69) is 10.6 Å². The van der Waals surface area contributed by atoms with E-state index in [0.29, 0.717) is 38.8 Å². The molecule has 1 saturated heterocycles. The summed E-state index contributed by atoms with van der Waals surface area (Å²) >= 11 is 0. The van der Waals surface area contributed by atoms with E-state index < -0.39 is 26.4 Å². The van der Waals surface area contributed by atoms with Crippen LogP contribution in [-0.4, -0.2) is 56.6 Å². The number of hydrogen-bond donors (Lipinski definition) is 2. The summed E-state index contributed by atoms with van der Waals surface area (Å²) in [4.78, 5) is 25.9. The number of likely N-dealkylation sites (tertiary alicyclic amines) is 1. The van der Waals surface area contributed by atoms with Crippen molar-refractivity contribution in [3.05, 3.63) is 60.2 Å². The van der Waals surface area contributed by atoms with Crippen LogP contribution in [0.1, 0.15) is 24.8 Å². The van der Waals surface area contributed by atoms with Gasteiger partial charge in [-0.05, 0) is 37.0 Å². The molecule has 1 heterocycles. The topological polar surface area (TPSA) is 95.6 Å². The first-order valence-corrected chi connectivity index (χ1v) is 12.3. The molecule has 0 aliphatic carbocycles. The Kier molecular flexibility index (Phi) is 8.51. The van der Waals surface area contributed by atoms with Crippen LogP contribution in [0.25, 0.3) is 0 Å². The molecule has 1 aliphatic rings. The summed E-state index contributed by atoms with van der Waals surface area (Å²) < 4.78 is 49.5. The number of anilines is 1. The fourth-order valence-electron chi connectivity index (χ4n) is 3.74. The molecule has 0 spiro atoms. The van der Waals surface area contributed by atoms with Crippen LogP contribution < -0.4 is 10.6 Å². The van der Waals surface area contributed by atoms with Crippen LogP contribution in [0.4, 0.5) is 14.5 Å². The predicted molar refractivity (Wildman–Crippen MR) is 121 cm³/mol. The average Bonchev–Trinajstić information content (AvgIpc) is 2.80. The molecule has 0 unspecified atom stereocenters. The smallest absolute Gasteiger partial charge is 0.341 e. The zero-order valence-corrected chi connectivity index (χ0v) is 18.9. The second-order valence-electron chi connectivity index (χ2n) is 7.95. The Morgan fingerprint density at radius 3 is 2.27 bits per heavy atom. The van der Waals surface area contributed by atoms with Gasteiger partial charge >= 0.3 is 5.76 Å². The van der Waals surface area contributed by atoms with Crippen molar-refractivity contribution in [2.24, 2.45) is 0 Å². The minimum atomic E-state index is -4.83. The molecule has 1 aliphatic heterocycles. The molecule has 0 atom stereocenters. The summed E-state index contributed by atoms with van der Waals surface area (Å²) in [7, 11) is -4.83. The van der Waals surface area contributed by atoms with E-state index in [4.69, 9.17) is 0 Å². The van der Waals surface area contributed by atoms with Crippen molar-refractivity contribution in [3.8, 4) is 0 Å². The minimum Gasteiger partial charge on any atom is -0.353 e. The van der Waals surface area contributed by atoms with Crippen molar-refractivity contribution in [1.82, 2.24) is 10.2 Å². The Morgan fingerprint density at radius 2 is 1.61 bits per heavy atom. The molecule has 10 heteroatoms. The van der Waals surface area contributed by atoms with E-state index in [1.54, 1.807) is 0 Å². The number of nitrogens with zero attached hydrogens (tertiary/aromatic N) is 1. The van der Waals surface area contributed by atoms with Crippen LogP contribution in [0.5, 0.6) is 0 Å². The molecule has 2 aromatic rings. The van der Waals surface area contributed by atoms with Gasteiger partial charge < -0.3 is 10.6 Å². The summed E-state index contributed by atoms with van der Waals surface area (Å²) in [6.45, 7) is 1.15. The van der Waals surface area contributed by atoms with Crippen LogP contribution in [0, 0.1) is 0 Å². The third-order valence-corrected chi connectivity index (χ3v) is 6.94. The number of piperidine rings is 1. The van der Waals surface area contributed by atoms with Gasteiger partial charge in [0.2, 0.25) is 21.7 Å². The number of benzene rings is 2. The molecule has 0 bridgehead atoms. The number of nitrogens with one attached hydrogen (secondary N) is 2. The highest BCUT2D eigenvalue weighted by atomic mass is 32.2. The first-order chi connectivity index (χ1) is 15.8. The highest BCUT2D eigenvalue weighted by Gasteiger charge is 2.30. The zero-order chi connectivity index (χ0) is 23.8. The number of para-hydroxylation sites is 1. The lowest BCUT2D eigenvalue weighted by Gasteiger charge is -2.32. The van der Waals surface area contributed by atoms with Gasteiger partial charge in [0, 0.05) is 25.6 Å². The fraction of sp³-hybridized carbons (Fsp3) is 0.391. The lowest BCUT2D eigenvalue weighted by Crippen LogP contribution is -2.46. The molecule has 2 aromatic carbocycles. The van der Waals surface area contributed by atoms with Crippen molar-refractivity contribution < 1.29 is 26.8 Å². The molecule has 0 saturated carbocycles. The number of sulfone groups is 1. The van der Waals surface area contributed by atoms with Gasteiger partial charge in [0.25, 0.3) is 0 Å². The third kappa shape index (κ3) is 7.06. The number of carbonyl (C=O) groups excluding carboxylic acids is 2. The maximum Gasteiger partial charge on any atom is 0.341 e. The normalized spacial score (nSPS) is 15.4. The zero-order valence-electron chi connectivity index (χ0n) is 18.0. The van der Waals surface area contributed by atoms with E-state index in [1.807, 2.05) is 35.2 Å². The van der Waals surface area contributed by atoms with E-state index in [9.17, 15) is 26.8 Å². The van der Waals surface area contributed by atoms with Crippen LogP contribution in [-0.2, 0) is 25.8 Å². The van der Waals surface area contributed by atoms with Crippen LogP contribution in [0.3, 0.4) is 0 Å².